The largest absolute Gasteiger partial charge is 0.391 e. The second-order valence-corrected chi connectivity index (χ2v) is 14.1. The minimum Gasteiger partial charge on any atom is -0.391 e. The number of carbonyl (C=O) groups excluding carboxylic acids is 1. The van der Waals surface area contributed by atoms with Gasteiger partial charge in [0, 0.05) is 21.1 Å². The average Bonchev–Trinajstić information content (AvgIpc) is 3.47. The topological polar surface area (TPSA) is 92.7 Å². The Labute approximate surface area is 258 Å². The maximum Gasteiger partial charge on any atom is 0.249 e. The van der Waals surface area contributed by atoms with Crippen molar-refractivity contribution in [3.63, 3.8) is 0 Å². The molecular formula is C30H31BrCl2FNO5S. The fraction of sp³-hybridized carbons (Fsp3) is 0.367. The standard InChI is InChI=1S/C30H31BrCl2FNO5S/c31-21-4-1-3-19(15-21)16-27(35-30(37)29-5-2-14-40-29)28(36)18-25(11-7-20-6-8-22(32)17-26(20)33)41(38,39)24-12-9-23(34)10-13-24/h1,3-4,6,8-10,12-13,15,17,25,27-29,36H,2,5,7,11,14,16,18H2,(H,35,37)/t25-,27-,28+,29+/m0/s1. The Hall–Kier alpha value is -2.01. The van der Waals surface area contributed by atoms with Crippen LogP contribution in [0.25, 0.3) is 0 Å². The summed E-state index contributed by atoms with van der Waals surface area (Å²) in [7, 11) is -4.00. The summed E-state index contributed by atoms with van der Waals surface area (Å²) < 4.78 is 47.6. The lowest BCUT2D eigenvalue weighted by atomic mass is 9.96. The van der Waals surface area contributed by atoms with E-state index in [4.69, 9.17) is 27.9 Å². The second-order valence-electron chi connectivity index (χ2n) is 10.1. The third kappa shape index (κ3) is 8.75. The Morgan fingerprint density at radius 1 is 1.12 bits per heavy atom. The first-order valence-corrected chi connectivity index (χ1v) is 16.4. The van der Waals surface area contributed by atoms with Gasteiger partial charge in [-0.05, 0) is 98.2 Å². The highest BCUT2D eigenvalue weighted by Gasteiger charge is 2.34. The SMILES string of the molecule is O=C(N[C@@H](Cc1cccc(Br)c1)[C@H](O)C[C@H](CCc1ccc(Cl)cc1Cl)S(=O)(=O)c1ccc(F)cc1)[C@H]1CCCO1. The normalized spacial score (nSPS) is 17.6. The molecule has 0 spiro atoms. The molecule has 1 amide bonds. The number of aliphatic hydroxyl groups is 1. The van der Waals surface area contributed by atoms with Crippen molar-refractivity contribution < 1.29 is 27.4 Å². The summed E-state index contributed by atoms with van der Waals surface area (Å²) in [5, 5.41) is 14.2. The maximum absolute atomic E-state index is 13.8. The molecule has 220 valence electrons. The molecule has 0 aromatic heterocycles. The van der Waals surface area contributed by atoms with E-state index in [1.165, 1.54) is 12.1 Å². The van der Waals surface area contributed by atoms with E-state index in [1.54, 1.807) is 18.2 Å². The fourth-order valence-electron chi connectivity index (χ4n) is 4.95. The van der Waals surface area contributed by atoms with Crippen LogP contribution in [0.1, 0.15) is 36.8 Å². The summed E-state index contributed by atoms with van der Waals surface area (Å²) in [5.74, 6) is -0.896. The summed E-state index contributed by atoms with van der Waals surface area (Å²) in [5.41, 5.74) is 1.56. The van der Waals surface area contributed by atoms with E-state index in [0.717, 1.165) is 28.6 Å². The molecule has 6 nitrogen and oxygen atoms in total. The lowest BCUT2D eigenvalue weighted by molar-refractivity contribution is -0.131. The van der Waals surface area contributed by atoms with Crippen LogP contribution >= 0.6 is 39.1 Å². The number of hydrogen-bond acceptors (Lipinski definition) is 5. The molecule has 4 rings (SSSR count). The van der Waals surface area contributed by atoms with Crippen LogP contribution in [-0.4, -0.2) is 49.5 Å². The van der Waals surface area contributed by atoms with Gasteiger partial charge < -0.3 is 15.2 Å². The van der Waals surface area contributed by atoms with E-state index in [9.17, 15) is 22.7 Å². The maximum atomic E-state index is 13.8. The molecular weight excluding hydrogens is 656 g/mol. The molecule has 11 heteroatoms. The van der Waals surface area contributed by atoms with Gasteiger partial charge in [-0.2, -0.15) is 0 Å². The third-order valence-electron chi connectivity index (χ3n) is 7.20. The van der Waals surface area contributed by atoms with Crippen molar-refractivity contribution in [2.24, 2.45) is 0 Å². The molecule has 3 aromatic carbocycles. The van der Waals surface area contributed by atoms with Crippen molar-refractivity contribution in [1.82, 2.24) is 5.32 Å². The molecule has 1 aliphatic heterocycles. The lowest BCUT2D eigenvalue weighted by Crippen LogP contribution is -2.49. The molecule has 2 N–H and O–H groups in total. The van der Waals surface area contributed by atoms with Crippen LogP contribution < -0.4 is 5.32 Å². The van der Waals surface area contributed by atoms with E-state index in [1.807, 2.05) is 24.3 Å². The van der Waals surface area contributed by atoms with Gasteiger partial charge in [0.05, 0.1) is 22.3 Å². The average molecular weight is 687 g/mol. The highest BCUT2D eigenvalue weighted by Crippen LogP contribution is 2.28. The zero-order valence-electron chi connectivity index (χ0n) is 22.1. The van der Waals surface area contributed by atoms with Gasteiger partial charge >= 0.3 is 0 Å². The number of aliphatic hydroxyl groups excluding tert-OH is 1. The molecule has 4 atom stereocenters. The predicted octanol–water partition coefficient (Wildman–Crippen LogP) is 6.33. The first-order chi connectivity index (χ1) is 19.5. The number of benzene rings is 3. The summed E-state index contributed by atoms with van der Waals surface area (Å²) >= 11 is 15.8. The van der Waals surface area contributed by atoms with Crippen LogP contribution in [0.4, 0.5) is 4.39 Å². The molecule has 0 saturated carbocycles. The van der Waals surface area contributed by atoms with E-state index in [0.29, 0.717) is 35.1 Å². The molecule has 0 aliphatic carbocycles. The minimum atomic E-state index is -4.00. The van der Waals surface area contributed by atoms with Crippen molar-refractivity contribution in [3.05, 3.63) is 98.2 Å². The number of carbonyl (C=O) groups is 1. The van der Waals surface area contributed by atoms with Crippen LogP contribution in [-0.2, 0) is 32.2 Å². The minimum absolute atomic E-state index is 0.0507. The molecule has 3 aromatic rings. The van der Waals surface area contributed by atoms with Gasteiger partial charge in [-0.1, -0.05) is 57.3 Å². The number of hydrogen-bond donors (Lipinski definition) is 2. The van der Waals surface area contributed by atoms with Crippen LogP contribution in [0.5, 0.6) is 0 Å². The van der Waals surface area contributed by atoms with Crippen molar-refractivity contribution in [3.8, 4) is 0 Å². The molecule has 1 saturated heterocycles. The van der Waals surface area contributed by atoms with Gasteiger partial charge in [-0.25, -0.2) is 12.8 Å². The van der Waals surface area contributed by atoms with Crippen LogP contribution in [0.2, 0.25) is 10.0 Å². The monoisotopic (exact) mass is 685 g/mol. The van der Waals surface area contributed by atoms with E-state index >= 15 is 0 Å². The molecule has 41 heavy (non-hydrogen) atoms. The Bertz CT molecular complexity index is 1450. The molecule has 1 heterocycles. The first kappa shape index (κ1) is 31.9. The Kier molecular flexibility index (Phi) is 11.2. The zero-order chi connectivity index (χ0) is 29.6. The summed E-state index contributed by atoms with van der Waals surface area (Å²) in [6.07, 6.45) is 0.0318. The highest BCUT2D eigenvalue weighted by atomic mass is 79.9. The van der Waals surface area contributed by atoms with E-state index in [2.05, 4.69) is 21.2 Å². The number of aryl methyl sites for hydroxylation is 1. The Morgan fingerprint density at radius 2 is 1.88 bits per heavy atom. The van der Waals surface area contributed by atoms with Gasteiger partial charge in [0.1, 0.15) is 11.9 Å². The second kappa shape index (κ2) is 14.4. The van der Waals surface area contributed by atoms with Gasteiger partial charge in [0.25, 0.3) is 0 Å². The van der Waals surface area contributed by atoms with Crippen molar-refractivity contribution >= 4 is 54.9 Å². The Morgan fingerprint density at radius 3 is 2.54 bits per heavy atom. The van der Waals surface area contributed by atoms with E-state index in [-0.39, 0.29) is 30.1 Å². The first-order valence-electron chi connectivity index (χ1n) is 13.3. The van der Waals surface area contributed by atoms with Crippen molar-refractivity contribution in [1.29, 1.82) is 0 Å². The summed E-state index contributed by atoms with van der Waals surface area (Å²) in [6, 6.07) is 16.3. The van der Waals surface area contributed by atoms with Crippen molar-refractivity contribution in [2.45, 2.75) is 66.9 Å². The number of ether oxygens (including phenoxy) is 1. The number of sulfone groups is 1. The predicted molar refractivity (Wildman–Crippen MR) is 162 cm³/mol. The van der Waals surface area contributed by atoms with Gasteiger partial charge in [-0.3, -0.25) is 4.79 Å². The van der Waals surface area contributed by atoms with Crippen LogP contribution in [0.15, 0.2) is 76.1 Å². The number of halogens is 4. The number of amides is 1. The Balaban J connectivity index is 1.61. The van der Waals surface area contributed by atoms with Crippen LogP contribution in [0.3, 0.4) is 0 Å². The molecule has 1 fully saturated rings. The zero-order valence-corrected chi connectivity index (χ0v) is 26.0. The fourth-order valence-corrected chi connectivity index (χ4v) is 7.68. The van der Waals surface area contributed by atoms with E-state index < -0.39 is 39.2 Å². The highest BCUT2D eigenvalue weighted by molar-refractivity contribution is 9.10. The number of rotatable bonds is 12. The molecule has 0 bridgehead atoms. The van der Waals surface area contributed by atoms with Gasteiger partial charge in [0.15, 0.2) is 9.84 Å². The molecule has 0 unspecified atom stereocenters. The smallest absolute Gasteiger partial charge is 0.249 e. The van der Waals surface area contributed by atoms with Crippen LogP contribution in [0, 0.1) is 5.82 Å². The number of nitrogens with one attached hydrogen (secondary N) is 1. The van der Waals surface area contributed by atoms with Gasteiger partial charge in [-0.15, -0.1) is 0 Å². The van der Waals surface area contributed by atoms with Crippen molar-refractivity contribution in [2.75, 3.05) is 6.61 Å². The molecule has 0 radical (unpaired) electrons. The summed E-state index contributed by atoms with van der Waals surface area (Å²) in [6.45, 7) is 0.488. The van der Waals surface area contributed by atoms with Gasteiger partial charge in [0.2, 0.25) is 5.91 Å². The molecule has 1 aliphatic rings. The quantitative estimate of drug-likeness (QED) is 0.218. The third-order valence-corrected chi connectivity index (χ3v) is 10.5. The summed E-state index contributed by atoms with van der Waals surface area (Å²) in [4.78, 5) is 12.9. The lowest BCUT2D eigenvalue weighted by Gasteiger charge is -2.29.